The molecule has 0 amide bonds. The highest BCUT2D eigenvalue weighted by molar-refractivity contribution is 7.11. The van der Waals surface area contributed by atoms with Crippen molar-refractivity contribution in [2.24, 2.45) is 0 Å². The van der Waals surface area contributed by atoms with Crippen LogP contribution in [0.15, 0.2) is 48.6 Å². The standard InChI is InChI=1S/C11H9NS/c1-9(11-3-2-8-13-11)10-4-6-12-7-5-10/h2-8H,1H2. The summed E-state index contributed by atoms with van der Waals surface area (Å²) in [6.07, 6.45) is 3.57. The van der Waals surface area contributed by atoms with Crippen LogP contribution in [-0.2, 0) is 0 Å². The molecule has 0 radical (unpaired) electrons. The van der Waals surface area contributed by atoms with Gasteiger partial charge in [0.1, 0.15) is 0 Å². The Balaban J connectivity index is 2.34. The van der Waals surface area contributed by atoms with Gasteiger partial charge in [-0.05, 0) is 34.7 Å². The van der Waals surface area contributed by atoms with Gasteiger partial charge in [-0.25, -0.2) is 0 Å². The van der Waals surface area contributed by atoms with Gasteiger partial charge in [-0.2, -0.15) is 0 Å². The van der Waals surface area contributed by atoms with E-state index < -0.39 is 0 Å². The molecule has 0 aliphatic carbocycles. The number of hydrogen-bond acceptors (Lipinski definition) is 2. The van der Waals surface area contributed by atoms with Gasteiger partial charge in [0, 0.05) is 17.3 Å². The minimum Gasteiger partial charge on any atom is -0.265 e. The van der Waals surface area contributed by atoms with Crippen LogP contribution in [0.3, 0.4) is 0 Å². The molecule has 0 aliphatic rings. The fraction of sp³-hybridized carbons (Fsp3) is 0. The highest BCUT2D eigenvalue weighted by Gasteiger charge is 2.01. The second-order valence-corrected chi connectivity index (χ2v) is 3.64. The summed E-state index contributed by atoms with van der Waals surface area (Å²) in [5, 5.41) is 2.06. The van der Waals surface area contributed by atoms with Crippen molar-refractivity contribution in [3.05, 3.63) is 59.1 Å². The Morgan fingerprint density at radius 1 is 1.23 bits per heavy atom. The first kappa shape index (κ1) is 8.20. The zero-order valence-electron chi connectivity index (χ0n) is 7.10. The topological polar surface area (TPSA) is 12.9 Å². The normalized spacial score (nSPS) is 9.85. The molecule has 0 saturated heterocycles. The molecule has 2 aromatic rings. The highest BCUT2D eigenvalue weighted by Crippen LogP contribution is 2.24. The lowest BCUT2D eigenvalue weighted by atomic mass is 10.1. The Kier molecular flexibility index (Phi) is 2.23. The fourth-order valence-electron chi connectivity index (χ4n) is 1.15. The van der Waals surface area contributed by atoms with E-state index in [1.807, 2.05) is 18.2 Å². The van der Waals surface area contributed by atoms with Crippen molar-refractivity contribution in [2.75, 3.05) is 0 Å². The van der Waals surface area contributed by atoms with Crippen molar-refractivity contribution in [3.8, 4) is 0 Å². The molecule has 0 bridgehead atoms. The minimum absolute atomic E-state index is 1.07. The van der Waals surface area contributed by atoms with E-state index in [2.05, 4.69) is 23.0 Å². The number of pyridine rings is 1. The Labute approximate surface area is 81.4 Å². The first-order valence-electron chi connectivity index (χ1n) is 4.01. The molecule has 0 unspecified atom stereocenters. The highest BCUT2D eigenvalue weighted by atomic mass is 32.1. The van der Waals surface area contributed by atoms with Crippen LogP contribution >= 0.6 is 11.3 Å². The largest absolute Gasteiger partial charge is 0.265 e. The molecule has 1 nitrogen and oxygen atoms in total. The molecule has 0 saturated carbocycles. The van der Waals surface area contributed by atoms with Crippen molar-refractivity contribution in [2.45, 2.75) is 0 Å². The summed E-state index contributed by atoms with van der Waals surface area (Å²) in [4.78, 5) is 5.19. The molecule has 2 heterocycles. The molecule has 0 atom stereocenters. The third kappa shape index (κ3) is 1.68. The molecule has 64 valence electrons. The zero-order valence-corrected chi connectivity index (χ0v) is 7.92. The van der Waals surface area contributed by atoms with Crippen molar-refractivity contribution in [3.63, 3.8) is 0 Å². The second-order valence-electron chi connectivity index (χ2n) is 2.69. The van der Waals surface area contributed by atoms with Crippen LogP contribution in [-0.4, -0.2) is 4.98 Å². The first-order chi connectivity index (χ1) is 6.38. The van der Waals surface area contributed by atoms with E-state index in [0.29, 0.717) is 0 Å². The lowest BCUT2D eigenvalue weighted by molar-refractivity contribution is 1.32. The molecular formula is C11H9NS. The van der Waals surface area contributed by atoms with E-state index in [1.54, 1.807) is 23.7 Å². The SMILES string of the molecule is C=C(c1ccncc1)c1cccs1. The maximum atomic E-state index is 4.05. The van der Waals surface area contributed by atoms with E-state index in [1.165, 1.54) is 4.88 Å². The van der Waals surface area contributed by atoms with Crippen molar-refractivity contribution >= 4 is 16.9 Å². The second kappa shape index (κ2) is 3.54. The summed E-state index contributed by atoms with van der Waals surface area (Å²) >= 11 is 1.71. The number of thiophene rings is 1. The summed E-state index contributed by atoms with van der Waals surface area (Å²) in [6.45, 7) is 4.05. The summed E-state index contributed by atoms with van der Waals surface area (Å²) in [7, 11) is 0. The quantitative estimate of drug-likeness (QED) is 0.703. The Bertz CT molecular complexity index is 389. The van der Waals surface area contributed by atoms with Crippen LogP contribution in [0.25, 0.3) is 5.57 Å². The predicted molar refractivity (Wildman–Crippen MR) is 56.7 cm³/mol. The van der Waals surface area contributed by atoms with Crippen molar-refractivity contribution in [1.82, 2.24) is 4.98 Å². The minimum atomic E-state index is 1.07. The number of nitrogens with zero attached hydrogens (tertiary/aromatic N) is 1. The molecular weight excluding hydrogens is 178 g/mol. The average Bonchev–Trinajstić information content (AvgIpc) is 2.71. The van der Waals surface area contributed by atoms with Crippen molar-refractivity contribution < 1.29 is 0 Å². The van der Waals surface area contributed by atoms with Gasteiger partial charge in [0.05, 0.1) is 0 Å². The van der Waals surface area contributed by atoms with Gasteiger partial charge < -0.3 is 0 Å². The van der Waals surface area contributed by atoms with Gasteiger partial charge >= 0.3 is 0 Å². The summed E-state index contributed by atoms with van der Waals surface area (Å²) in [5.74, 6) is 0. The third-order valence-electron chi connectivity index (χ3n) is 1.85. The maximum Gasteiger partial charge on any atom is 0.0342 e. The Morgan fingerprint density at radius 3 is 2.62 bits per heavy atom. The van der Waals surface area contributed by atoms with E-state index >= 15 is 0 Å². The van der Waals surface area contributed by atoms with E-state index in [9.17, 15) is 0 Å². The lowest BCUT2D eigenvalue weighted by Crippen LogP contribution is -1.81. The van der Waals surface area contributed by atoms with Crippen molar-refractivity contribution in [1.29, 1.82) is 0 Å². The Morgan fingerprint density at radius 2 is 2.00 bits per heavy atom. The van der Waals surface area contributed by atoms with Crippen LogP contribution in [0.1, 0.15) is 10.4 Å². The van der Waals surface area contributed by atoms with Crippen LogP contribution in [0.4, 0.5) is 0 Å². The molecule has 2 heteroatoms. The fourth-order valence-corrected chi connectivity index (χ4v) is 1.87. The van der Waals surface area contributed by atoms with E-state index in [-0.39, 0.29) is 0 Å². The summed E-state index contributed by atoms with van der Waals surface area (Å²) < 4.78 is 0. The summed E-state index contributed by atoms with van der Waals surface area (Å²) in [5.41, 5.74) is 2.20. The van der Waals surface area contributed by atoms with Gasteiger partial charge in [0.25, 0.3) is 0 Å². The monoisotopic (exact) mass is 187 g/mol. The maximum absolute atomic E-state index is 4.05. The van der Waals surface area contributed by atoms with Gasteiger partial charge in [0.2, 0.25) is 0 Å². The predicted octanol–water partition coefficient (Wildman–Crippen LogP) is 3.20. The summed E-state index contributed by atoms with van der Waals surface area (Å²) in [6, 6.07) is 8.06. The third-order valence-corrected chi connectivity index (χ3v) is 2.78. The average molecular weight is 187 g/mol. The smallest absolute Gasteiger partial charge is 0.0342 e. The number of aromatic nitrogens is 1. The molecule has 2 aromatic heterocycles. The lowest BCUT2D eigenvalue weighted by Gasteiger charge is -2.01. The van der Waals surface area contributed by atoms with Crippen LogP contribution in [0.2, 0.25) is 0 Å². The van der Waals surface area contributed by atoms with Gasteiger partial charge in [-0.15, -0.1) is 11.3 Å². The van der Waals surface area contributed by atoms with Gasteiger partial charge in [-0.3, -0.25) is 4.98 Å². The number of rotatable bonds is 2. The number of hydrogen-bond donors (Lipinski definition) is 0. The molecule has 13 heavy (non-hydrogen) atoms. The van der Waals surface area contributed by atoms with Crippen LogP contribution in [0.5, 0.6) is 0 Å². The van der Waals surface area contributed by atoms with Gasteiger partial charge in [-0.1, -0.05) is 12.6 Å². The van der Waals surface area contributed by atoms with Crippen LogP contribution < -0.4 is 0 Å². The molecule has 0 aliphatic heterocycles. The van der Waals surface area contributed by atoms with Gasteiger partial charge in [0.15, 0.2) is 0 Å². The van der Waals surface area contributed by atoms with E-state index in [0.717, 1.165) is 11.1 Å². The molecule has 0 spiro atoms. The molecule has 2 rings (SSSR count). The molecule has 0 fully saturated rings. The molecule has 0 aromatic carbocycles. The molecule has 0 N–H and O–H groups in total. The zero-order chi connectivity index (χ0) is 9.10. The van der Waals surface area contributed by atoms with E-state index in [4.69, 9.17) is 0 Å². The Hall–Kier alpha value is -1.41. The van der Waals surface area contributed by atoms with Crippen LogP contribution in [0, 0.1) is 0 Å². The first-order valence-corrected chi connectivity index (χ1v) is 4.89.